The van der Waals surface area contributed by atoms with E-state index in [4.69, 9.17) is 9.72 Å². The van der Waals surface area contributed by atoms with Crippen molar-refractivity contribution in [3.8, 4) is 28.6 Å². The third kappa shape index (κ3) is 4.01. The van der Waals surface area contributed by atoms with Crippen molar-refractivity contribution in [1.82, 2.24) is 14.5 Å². The Hall–Kier alpha value is -4.44. The predicted octanol–water partition coefficient (Wildman–Crippen LogP) is 8.33. The molecule has 36 heavy (non-hydrogen) atoms. The number of rotatable bonds is 4. The van der Waals surface area contributed by atoms with Gasteiger partial charge in [0.15, 0.2) is 0 Å². The molecule has 0 saturated carbocycles. The van der Waals surface area contributed by atoms with E-state index in [0.717, 1.165) is 39.4 Å². The largest absolute Gasteiger partial charge is 0.439 e. The van der Waals surface area contributed by atoms with Crippen molar-refractivity contribution in [3.63, 3.8) is 0 Å². The average molecular weight is 470 g/mol. The van der Waals surface area contributed by atoms with Crippen LogP contribution in [0.4, 0.5) is 0 Å². The van der Waals surface area contributed by atoms with E-state index in [-0.39, 0.29) is 5.41 Å². The van der Waals surface area contributed by atoms with Gasteiger partial charge in [0.25, 0.3) is 0 Å². The summed E-state index contributed by atoms with van der Waals surface area (Å²) in [7, 11) is 0. The second kappa shape index (κ2) is 8.65. The Morgan fingerprint density at radius 2 is 1.44 bits per heavy atom. The molecule has 176 valence electrons. The topological polar surface area (TPSA) is 39.9 Å². The van der Waals surface area contributed by atoms with Crippen LogP contribution in [0.15, 0.2) is 109 Å². The van der Waals surface area contributed by atoms with E-state index in [0.29, 0.717) is 5.88 Å². The highest BCUT2D eigenvalue weighted by atomic mass is 16.5. The molecule has 0 N–H and O–H groups in total. The van der Waals surface area contributed by atoms with Gasteiger partial charge in [-0.3, -0.25) is 4.57 Å². The van der Waals surface area contributed by atoms with Crippen molar-refractivity contribution in [2.24, 2.45) is 0 Å². The minimum absolute atomic E-state index is 0.0390. The summed E-state index contributed by atoms with van der Waals surface area (Å²) in [5.41, 5.74) is 5.43. The minimum Gasteiger partial charge on any atom is -0.439 e. The molecule has 0 aliphatic heterocycles. The van der Waals surface area contributed by atoms with Crippen LogP contribution in [0.2, 0.25) is 0 Å². The lowest BCUT2D eigenvalue weighted by Gasteiger charge is -2.18. The van der Waals surface area contributed by atoms with Crippen molar-refractivity contribution in [3.05, 3.63) is 115 Å². The van der Waals surface area contributed by atoms with Crippen LogP contribution in [0, 0.1) is 0 Å². The van der Waals surface area contributed by atoms with Crippen LogP contribution >= 0.6 is 0 Å². The Bertz CT molecular complexity index is 1690. The van der Waals surface area contributed by atoms with Gasteiger partial charge in [0.05, 0.1) is 11.0 Å². The Balaban J connectivity index is 1.43. The first-order valence-corrected chi connectivity index (χ1v) is 12.2. The summed E-state index contributed by atoms with van der Waals surface area (Å²) in [6, 6.07) is 35.2. The van der Waals surface area contributed by atoms with E-state index in [9.17, 15) is 0 Å². The summed E-state index contributed by atoms with van der Waals surface area (Å²) in [5.74, 6) is 2.27. The Labute approximate surface area is 210 Å². The maximum absolute atomic E-state index is 6.18. The molecule has 3 aromatic carbocycles. The normalized spacial score (nSPS) is 11.8. The van der Waals surface area contributed by atoms with Gasteiger partial charge < -0.3 is 4.74 Å². The molecule has 0 aliphatic rings. The Morgan fingerprint density at radius 1 is 0.667 bits per heavy atom. The summed E-state index contributed by atoms with van der Waals surface area (Å²) >= 11 is 0. The lowest BCUT2D eigenvalue weighted by Crippen LogP contribution is -2.13. The molecule has 0 bridgehead atoms. The molecule has 4 nitrogen and oxygen atoms in total. The van der Waals surface area contributed by atoms with E-state index >= 15 is 0 Å². The highest BCUT2D eigenvalue weighted by molar-refractivity contribution is 6.10. The average Bonchev–Trinajstić information content (AvgIpc) is 3.23. The first-order chi connectivity index (χ1) is 17.5. The molecule has 6 rings (SSSR count). The van der Waals surface area contributed by atoms with Gasteiger partial charge in [-0.2, -0.15) is 0 Å². The Kier molecular flexibility index (Phi) is 5.30. The molecular formula is C32H27N3O. The molecule has 0 radical (unpaired) electrons. The van der Waals surface area contributed by atoms with Crippen LogP contribution in [-0.2, 0) is 5.41 Å². The predicted molar refractivity (Wildman–Crippen MR) is 147 cm³/mol. The standard InChI is InChI=1S/C32H27N3O/c1-32(2,3)29-14-9-16-31(34-29)36-24-11-8-10-22(20-24)23-17-18-26-25-12-4-5-13-27(25)35(28(26)21-23)30-15-6-7-19-33-30/h4-21H,1-3H3. The van der Waals surface area contributed by atoms with E-state index in [2.05, 4.69) is 84.9 Å². The number of hydrogen-bond acceptors (Lipinski definition) is 3. The van der Waals surface area contributed by atoms with Gasteiger partial charge in [0, 0.05) is 34.1 Å². The van der Waals surface area contributed by atoms with Crippen LogP contribution in [0.25, 0.3) is 38.8 Å². The molecule has 4 heteroatoms. The molecule has 0 spiro atoms. The summed E-state index contributed by atoms with van der Waals surface area (Å²) in [6.07, 6.45) is 1.84. The van der Waals surface area contributed by atoms with Crippen molar-refractivity contribution >= 4 is 21.8 Å². The van der Waals surface area contributed by atoms with Gasteiger partial charge in [0.2, 0.25) is 5.88 Å². The van der Waals surface area contributed by atoms with Gasteiger partial charge in [-0.25, -0.2) is 9.97 Å². The molecular weight excluding hydrogens is 442 g/mol. The first-order valence-electron chi connectivity index (χ1n) is 12.2. The fraction of sp³-hybridized carbons (Fsp3) is 0.125. The lowest BCUT2D eigenvalue weighted by molar-refractivity contribution is 0.452. The number of benzene rings is 3. The zero-order valence-electron chi connectivity index (χ0n) is 20.6. The monoisotopic (exact) mass is 469 g/mol. The van der Waals surface area contributed by atoms with Gasteiger partial charge in [-0.05, 0) is 53.6 Å². The van der Waals surface area contributed by atoms with Crippen LogP contribution in [-0.4, -0.2) is 14.5 Å². The first kappa shape index (κ1) is 22.1. The van der Waals surface area contributed by atoms with Crippen molar-refractivity contribution in [1.29, 1.82) is 0 Å². The molecule has 6 aromatic rings. The van der Waals surface area contributed by atoms with Crippen LogP contribution in [0.3, 0.4) is 0 Å². The van der Waals surface area contributed by atoms with E-state index in [1.54, 1.807) is 0 Å². The molecule has 0 aliphatic carbocycles. The zero-order valence-corrected chi connectivity index (χ0v) is 20.6. The van der Waals surface area contributed by atoms with Crippen LogP contribution in [0.1, 0.15) is 26.5 Å². The van der Waals surface area contributed by atoms with Gasteiger partial charge >= 0.3 is 0 Å². The summed E-state index contributed by atoms with van der Waals surface area (Å²) < 4.78 is 8.41. The number of hydrogen-bond donors (Lipinski definition) is 0. The number of pyridine rings is 2. The quantitative estimate of drug-likeness (QED) is 0.260. The molecule has 0 unspecified atom stereocenters. The number of fused-ring (bicyclic) bond motifs is 3. The molecule has 3 heterocycles. The number of para-hydroxylation sites is 1. The number of nitrogens with zero attached hydrogens (tertiary/aromatic N) is 3. The number of aromatic nitrogens is 3. The smallest absolute Gasteiger partial charge is 0.219 e. The van der Waals surface area contributed by atoms with Gasteiger partial charge in [-0.1, -0.05) is 75.4 Å². The van der Waals surface area contributed by atoms with Gasteiger partial charge in [0.1, 0.15) is 11.6 Å². The van der Waals surface area contributed by atoms with E-state index < -0.39 is 0 Å². The third-order valence-electron chi connectivity index (χ3n) is 6.43. The van der Waals surface area contributed by atoms with E-state index in [1.807, 2.05) is 54.7 Å². The summed E-state index contributed by atoms with van der Waals surface area (Å²) in [6.45, 7) is 6.46. The zero-order chi connectivity index (χ0) is 24.7. The molecule has 0 amide bonds. The van der Waals surface area contributed by atoms with E-state index in [1.165, 1.54) is 10.8 Å². The molecule has 0 saturated heterocycles. The van der Waals surface area contributed by atoms with Crippen LogP contribution in [0.5, 0.6) is 11.6 Å². The Morgan fingerprint density at radius 3 is 2.28 bits per heavy atom. The number of ether oxygens (including phenoxy) is 1. The lowest BCUT2D eigenvalue weighted by atomic mass is 9.92. The highest BCUT2D eigenvalue weighted by Gasteiger charge is 2.16. The van der Waals surface area contributed by atoms with Crippen molar-refractivity contribution in [2.75, 3.05) is 0 Å². The second-order valence-corrected chi connectivity index (χ2v) is 10.0. The minimum atomic E-state index is -0.0390. The van der Waals surface area contributed by atoms with Crippen molar-refractivity contribution < 1.29 is 4.74 Å². The van der Waals surface area contributed by atoms with Crippen LogP contribution < -0.4 is 4.74 Å². The van der Waals surface area contributed by atoms with Crippen molar-refractivity contribution in [2.45, 2.75) is 26.2 Å². The summed E-state index contributed by atoms with van der Waals surface area (Å²) in [4.78, 5) is 9.36. The maximum atomic E-state index is 6.18. The summed E-state index contributed by atoms with van der Waals surface area (Å²) in [5, 5.41) is 2.42. The molecule has 0 atom stereocenters. The second-order valence-electron chi connectivity index (χ2n) is 10.0. The SMILES string of the molecule is CC(C)(C)c1cccc(Oc2cccc(-c3ccc4c5ccccc5n(-c5ccccn5)c4c3)c2)n1. The van der Waals surface area contributed by atoms with Gasteiger partial charge in [-0.15, -0.1) is 0 Å². The third-order valence-corrected chi connectivity index (χ3v) is 6.43. The molecule has 3 aromatic heterocycles. The fourth-order valence-corrected chi connectivity index (χ4v) is 4.63. The maximum Gasteiger partial charge on any atom is 0.219 e. The molecule has 0 fully saturated rings. The highest BCUT2D eigenvalue weighted by Crippen LogP contribution is 2.35. The fourth-order valence-electron chi connectivity index (χ4n) is 4.63.